The van der Waals surface area contributed by atoms with E-state index in [-0.39, 0.29) is 5.97 Å². The zero-order chi connectivity index (χ0) is 17.1. The minimum atomic E-state index is -0.537. The normalized spacial score (nSPS) is 8.19. The van der Waals surface area contributed by atoms with Crippen molar-refractivity contribution in [3.8, 4) is 0 Å². The molecule has 120 valence electrons. The number of ether oxygens (including phenoxy) is 3. The van der Waals surface area contributed by atoms with Crippen molar-refractivity contribution in [2.24, 2.45) is 0 Å². The van der Waals surface area contributed by atoms with Crippen molar-refractivity contribution in [1.82, 2.24) is 0 Å². The lowest BCUT2D eigenvalue weighted by atomic mass is 10.5. The van der Waals surface area contributed by atoms with E-state index in [9.17, 15) is 14.4 Å². The number of carbonyl (C=O) groups is 3. The third kappa shape index (κ3) is 32.0. The minimum absolute atomic E-state index is 0.298. The van der Waals surface area contributed by atoms with Gasteiger partial charge in [-0.05, 0) is 19.4 Å². The molecule has 0 saturated carbocycles. The summed E-state index contributed by atoms with van der Waals surface area (Å²) < 4.78 is 13.2. The molecular weight excluding hydrogens is 300 g/mol. The molecule has 0 aliphatic carbocycles. The summed E-state index contributed by atoms with van der Waals surface area (Å²) in [7, 11) is 0. The summed E-state index contributed by atoms with van der Waals surface area (Å²) in [5, 5.41) is 0. The molecule has 0 atom stereocenters. The molecule has 0 bridgehead atoms. The largest absolute Gasteiger partial charge is 0.463 e. The van der Waals surface area contributed by atoms with Crippen LogP contribution >= 0.6 is 11.6 Å². The molecule has 0 heterocycles. The van der Waals surface area contributed by atoms with Crippen molar-refractivity contribution in [3.05, 3.63) is 37.1 Å². The van der Waals surface area contributed by atoms with E-state index in [1.165, 1.54) is 12.5 Å². The van der Waals surface area contributed by atoms with Gasteiger partial charge in [0.15, 0.2) is 0 Å². The molecule has 21 heavy (non-hydrogen) atoms. The lowest BCUT2D eigenvalue weighted by molar-refractivity contribution is -0.140. The molecule has 6 nitrogen and oxygen atoms in total. The first-order valence-corrected chi connectivity index (χ1v) is 6.33. The van der Waals surface area contributed by atoms with Crippen molar-refractivity contribution in [2.45, 2.75) is 20.8 Å². The summed E-state index contributed by atoms with van der Waals surface area (Å²) in [6.07, 6.45) is 3.19. The molecule has 0 aromatic rings. The molecule has 0 rings (SSSR count). The monoisotopic (exact) mass is 320 g/mol. The van der Waals surface area contributed by atoms with Crippen LogP contribution in [0, 0.1) is 0 Å². The lowest BCUT2D eigenvalue weighted by Crippen LogP contribution is -2.03. The average molecular weight is 321 g/mol. The second-order valence-electron chi connectivity index (χ2n) is 2.77. The Bertz CT molecular complexity index is 329. The van der Waals surface area contributed by atoms with Crippen LogP contribution in [0.15, 0.2) is 37.1 Å². The molecule has 0 aliphatic heterocycles. The molecule has 0 N–H and O–H groups in total. The number of esters is 3. The van der Waals surface area contributed by atoms with Gasteiger partial charge in [-0.25, -0.2) is 9.59 Å². The second kappa shape index (κ2) is 20.2. The molecule has 7 heteroatoms. The predicted molar refractivity (Wildman–Crippen MR) is 80.4 cm³/mol. The van der Waals surface area contributed by atoms with Gasteiger partial charge < -0.3 is 14.2 Å². The van der Waals surface area contributed by atoms with E-state index in [1.807, 2.05) is 0 Å². The van der Waals surface area contributed by atoms with E-state index >= 15 is 0 Å². The Morgan fingerprint density at radius 3 is 1.48 bits per heavy atom. The Kier molecular flexibility index (Phi) is 23.1. The molecule has 0 fully saturated rings. The van der Waals surface area contributed by atoms with Gasteiger partial charge in [-0.15, -0.1) is 0 Å². The van der Waals surface area contributed by atoms with Crippen molar-refractivity contribution in [3.63, 3.8) is 0 Å². The maximum atomic E-state index is 10.6. The van der Waals surface area contributed by atoms with Crippen LogP contribution < -0.4 is 0 Å². The summed E-state index contributed by atoms with van der Waals surface area (Å²) in [5.74, 6) is -1.40. The van der Waals surface area contributed by atoms with Gasteiger partial charge in [0.1, 0.15) is 0 Å². The maximum Gasteiger partial charge on any atom is 0.330 e. The van der Waals surface area contributed by atoms with Crippen molar-refractivity contribution >= 4 is 29.5 Å². The highest BCUT2D eigenvalue weighted by Crippen LogP contribution is 1.84. The van der Waals surface area contributed by atoms with Crippen LogP contribution in [0.4, 0.5) is 0 Å². The summed E-state index contributed by atoms with van der Waals surface area (Å²) in [6, 6.07) is 0. The van der Waals surface area contributed by atoms with E-state index in [1.54, 1.807) is 13.8 Å². The topological polar surface area (TPSA) is 78.9 Å². The summed E-state index contributed by atoms with van der Waals surface area (Å²) in [6.45, 7) is 11.6. The minimum Gasteiger partial charge on any atom is -0.463 e. The van der Waals surface area contributed by atoms with Crippen LogP contribution in [-0.4, -0.2) is 31.1 Å². The van der Waals surface area contributed by atoms with Crippen molar-refractivity contribution in [2.75, 3.05) is 13.2 Å². The molecule has 0 amide bonds. The van der Waals surface area contributed by atoms with Gasteiger partial charge in [0.25, 0.3) is 0 Å². The fraction of sp³-hybridized carbons (Fsp3) is 0.357. The Labute approximate surface area is 130 Å². The third-order valence-corrected chi connectivity index (χ3v) is 1.18. The van der Waals surface area contributed by atoms with Gasteiger partial charge in [-0.3, -0.25) is 4.79 Å². The Hall–Kier alpha value is -2.08. The summed E-state index contributed by atoms with van der Waals surface area (Å²) in [4.78, 5) is 31.0. The molecule has 0 aromatic carbocycles. The highest BCUT2D eigenvalue weighted by atomic mass is 35.5. The fourth-order valence-corrected chi connectivity index (χ4v) is 0.634. The highest BCUT2D eigenvalue weighted by molar-refractivity contribution is 6.25. The Morgan fingerprint density at radius 2 is 1.33 bits per heavy atom. The smallest absolute Gasteiger partial charge is 0.330 e. The molecule has 0 spiro atoms. The van der Waals surface area contributed by atoms with Crippen LogP contribution in [0.25, 0.3) is 0 Å². The Morgan fingerprint density at radius 1 is 1.00 bits per heavy atom. The number of rotatable bonds is 5. The van der Waals surface area contributed by atoms with Crippen molar-refractivity contribution < 1.29 is 28.6 Å². The first-order valence-electron chi connectivity index (χ1n) is 5.90. The molecule has 0 radical (unpaired) electrons. The third-order valence-electron chi connectivity index (χ3n) is 1.18. The van der Waals surface area contributed by atoms with Crippen LogP contribution in [-0.2, 0) is 28.6 Å². The summed E-state index contributed by atoms with van der Waals surface area (Å²) >= 11 is 4.76. The highest BCUT2D eigenvalue weighted by Gasteiger charge is 1.97. The van der Waals surface area contributed by atoms with Gasteiger partial charge in [0, 0.05) is 19.1 Å². The van der Waals surface area contributed by atoms with Crippen molar-refractivity contribution in [1.29, 1.82) is 0 Å². The second-order valence-corrected chi connectivity index (χ2v) is 3.08. The van der Waals surface area contributed by atoms with Crippen LogP contribution in [0.5, 0.6) is 0 Å². The number of halogens is 1. The summed E-state index contributed by atoms with van der Waals surface area (Å²) in [5.41, 5.74) is 1.22. The number of carbonyl (C=O) groups excluding carboxylic acids is 3. The average Bonchev–Trinajstić information content (AvgIpc) is 2.38. The van der Waals surface area contributed by atoms with E-state index < -0.39 is 11.9 Å². The zero-order valence-corrected chi connectivity index (χ0v) is 13.2. The van der Waals surface area contributed by atoms with Gasteiger partial charge in [-0.2, -0.15) is 0 Å². The van der Waals surface area contributed by atoms with E-state index in [4.69, 9.17) is 11.6 Å². The number of hydrogen-bond donors (Lipinski definition) is 0. The fourth-order valence-electron chi connectivity index (χ4n) is 0.634. The standard InChI is InChI=1S/C8H12O4.C4H6O2.C2H3Cl/c1-3-11-7(9)5-6-8(10)12-4-2;1-3-6-4(2)5;1-2-3/h5-6H,3-4H2,1-2H3;3H,1H2,2H3;2H,1H2/b6-5-;;. The van der Waals surface area contributed by atoms with Crippen LogP contribution in [0.1, 0.15) is 20.8 Å². The maximum absolute atomic E-state index is 10.6. The van der Waals surface area contributed by atoms with Crippen LogP contribution in [0.2, 0.25) is 0 Å². The molecule has 0 saturated heterocycles. The van der Waals surface area contributed by atoms with Gasteiger partial charge in [0.05, 0.1) is 19.5 Å². The van der Waals surface area contributed by atoms with E-state index in [2.05, 4.69) is 27.4 Å². The first kappa shape index (κ1) is 24.0. The predicted octanol–water partition coefficient (Wildman–Crippen LogP) is 2.73. The van der Waals surface area contributed by atoms with E-state index in [0.29, 0.717) is 13.2 Å². The molecule has 0 unspecified atom stereocenters. The zero-order valence-electron chi connectivity index (χ0n) is 12.5. The number of hydrogen-bond acceptors (Lipinski definition) is 6. The first-order chi connectivity index (χ1) is 9.89. The van der Waals surface area contributed by atoms with Crippen LogP contribution in [0.3, 0.4) is 0 Å². The molecule has 0 aliphatic rings. The van der Waals surface area contributed by atoms with Gasteiger partial charge >= 0.3 is 17.9 Å². The van der Waals surface area contributed by atoms with E-state index in [0.717, 1.165) is 18.4 Å². The quantitative estimate of drug-likeness (QED) is 0.335. The SMILES string of the molecule is C=CCl.C=COC(C)=O.CCOC(=O)/C=C\C(=O)OCC. The lowest BCUT2D eigenvalue weighted by Gasteiger charge is -1.95. The van der Waals surface area contributed by atoms with Gasteiger partial charge in [-0.1, -0.05) is 24.8 Å². The Balaban J connectivity index is -0.000000300. The van der Waals surface area contributed by atoms with Gasteiger partial charge in [0.2, 0.25) is 0 Å². The molecule has 0 aromatic heterocycles. The molecular formula is C14H21ClO6.